The third kappa shape index (κ3) is 3.31. The van der Waals surface area contributed by atoms with Crippen molar-refractivity contribution in [2.45, 2.75) is 19.4 Å². The molecule has 1 amide bonds. The lowest BCUT2D eigenvalue weighted by Gasteiger charge is -2.38. The lowest BCUT2D eigenvalue weighted by Crippen LogP contribution is -2.59. The SMILES string of the molecule is Cc1ccc(C#N)cc1NC(=O)COC1(C)CNC1. The highest BCUT2D eigenvalue weighted by Gasteiger charge is 2.33. The highest BCUT2D eigenvalue weighted by Crippen LogP contribution is 2.18. The molecule has 5 nitrogen and oxygen atoms in total. The largest absolute Gasteiger partial charge is 0.363 e. The van der Waals surface area contributed by atoms with Gasteiger partial charge in [-0.15, -0.1) is 0 Å². The number of anilines is 1. The van der Waals surface area contributed by atoms with Crippen LogP contribution < -0.4 is 10.6 Å². The average Bonchev–Trinajstić information content (AvgIpc) is 2.37. The molecule has 100 valence electrons. The minimum Gasteiger partial charge on any atom is -0.363 e. The van der Waals surface area contributed by atoms with Crippen molar-refractivity contribution in [1.82, 2.24) is 5.32 Å². The number of ether oxygens (including phenoxy) is 1. The summed E-state index contributed by atoms with van der Waals surface area (Å²) in [5, 5.41) is 14.7. The van der Waals surface area contributed by atoms with E-state index in [-0.39, 0.29) is 18.1 Å². The van der Waals surface area contributed by atoms with Crippen LogP contribution in [0.15, 0.2) is 18.2 Å². The minimum atomic E-state index is -0.235. The second-order valence-electron chi connectivity index (χ2n) is 5.03. The van der Waals surface area contributed by atoms with Gasteiger partial charge in [0, 0.05) is 18.8 Å². The van der Waals surface area contributed by atoms with Crippen molar-refractivity contribution in [2.24, 2.45) is 0 Å². The second-order valence-corrected chi connectivity index (χ2v) is 5.03. The maximum atomic E-state index is 11.8. The standard InChI is InChI=1S/C14H17N3O2/c1-10-3-4-11(6-15)5-12(10)17-13(18)7-19-14(2)8-16-9-14/h3-5,16H,7-9H2,1-2H3,(H,17,18). The highest BCUT2D eigenvalue weighted by atomic mass is 16.5. The Kier molecular flexibility index (Phi) is 3.84. The van der Waals surface area contributed by atoms with Gasteiger partial charge >= 0.3 is 0 Å². The van der Waals surface area contributed by atoms with Crippen LogP contribution in [0.2, 0.25) is 0 Å². The smallest absolute Gasteiger partial charge is 0.250 e. The van der Waals surface area contributed by atoms with Crippen LogP contribution in [0.5, 0.6) is 0 Å². The third-order valence-electron chi connectivity index (χ3n) is 3.19. The number of carbonyl (C=O) groups is 1. The fourth-order valence-corrected chi connectivity index (χ4v) is 1.83. The molecule has 0 aromatic heterocycles. The van der Waals surface area contributed by atoms with Crippen LogP contribution >= 0.6 is 0 Å². The molecule has 0 bridgehead atoms. The molecule has 1 aromatic rings. The summed E-state index contributed by atoms with van der Waals surface area (Å²) in [6, 6.07) is 7.25. The fourth-order valence-electron chi connectivity index (χ4n) is 1.83. The number of nitriles is 1. The first-order valence-electron chi connectivity index (χ1n) is 6.18. The van der Waals surface area contributed by atoms with E-state index in [0.29, 0.717) is 11.3 Å². The monoisotopic (exact) mass is 259 g/mol. The van der Waals surface area contributed by atoms with Crippen molar-refractivity contribution in [3.8, 4) is 6.07 Å². The molecule has 0 aliphatic carbocycles. The lowest BCUT2D eigenvalue weighted by atomic mass is 10.0. The van der Waals surface area contributed by atoms with E-state index in [2.05, 4.69) is 16.7 Å². The summed E-state index contributed by atoms with van der Waals surface area (Å²) in [7, 11) is 0. The highest BCUT2D eigenvalue weighted by molar-refractivity contribution is 5.92. The lowest BCUT2D eigenvalue weighted by molar-refractivity contribution is -0.130. The minimum absolute atomic E-state index is 0.0222. The number of nitrogens with zero attached hydrogens (tertiary/aromatic N) is 1. The summed E-state index contributed by atoms with van der Waals surface area (Å²) in [5.41, 5.74) is 1.87. The zero-order chi connectivity index (χ0) is 13.9. The molecule has 2 N–H and O–H groups in total. The number of hydrogen-bond donors (Lipinski definition) is 2. The molecule has 0 spiro atoms. The van der Waals surface area contributed by atoms with Crippen molar-refractivity contribution < 1.29 is 9.53 Å². The molecule has 1 heterocycles. The maximum Gasteiger partial charge on any atom is 0.250 e. The summed E-state index contributed by atoms with van der Waals surface area (Å²) in [5.74, 6) is -0.202. The zero-order valence-electron chi connectivity index (χ0n) is 11.1. The quantitative estimate of drug-likeness (QED) is 0.851. The number of benzene rings is 1. The number of carbonyl (C=O) groups excluding carboxylic acids is 1. The first-order chi connectivity index (χ1) is 9.02. The van der Waals surface area contributed by atoms with Crippen LogP contribution in [0.4, 0.5) is 5.69 Å². The van der Waals surface area contributed by atoms with Gasteiger partial charge in [0.15, 0.2) is 0 Å². The van der Waals surface area contributed by atoms with Gasteiger partial charge in [0.1, 0.15) is 6.61 Å². The predicted octanol–water partition coefficient (Wildman–Crippen LogP) is 1.18. The Morgan fingerprint density at radius 3 is 2.89 bits per heavy atom. The van der Waals surface area contributed by atoms with E-state index >= 15 is 0 Å². The molecule has 1 aromatic carbocycles. The van der Waals surface area contributed by atoms with Gasteiger partial charge < -0.3 is 15.4 Å². The van der Waals surface area contributed by atoms with E-state index < -0.39 is 0 Å². The maximum absolute atomic E-state index is 11.8. The van der Waals surface area contributed by atoms with E-state index in [1.54, 1.807) is 12.1 Å². The number of nitrogens with one attached hydrogen (secondary N) is 2. The van der Waals surface area contributed by atoms with Crippen LogP contribution in [-0.4, -0.2) is 31.2 Å². The Balaban J connectivity index is 1.93. The zero-order valence-corrected chi connectivity index (χ0v) is 11.1. The van der Waals surface area contributed by atoms with Crippen LogP contribution in [0.3, 0.4) is 0 Å². The van der Waals surface area contributed by atoms with Gasteiger partial charge in [-0.3, -0.25) is 4.79 Å². The van der Waals surface area contributed by atoms with Crippen LogP contribution in [0.25, 0.3) is 0 Å². The molecular formula is C14H17N3O2. The topological polar surface area (TPSA) is 74.2 Å². The van der Waals surface area contributed by atoms with Gasteiger partial charge in [-0.25, -0.2) is 0 Å². The Morgan fingerprint density at radius 2 is 2.32 bits per heavy atom. The van der Waals surface area contributed by atoms with Gasteiger partial charge in [0.2, 0.25) is 5.91 Å². The van der Waals surface area contributed by atoms with Gasteiger partial charge in [-0.1, -0.05) is 6.07 Å². The molecule has 1 fully saturated rings. The van der Waals surface area contributed by atoms with Crippen molar-refractivity contribution >= 4 is 11.6 Å². The normalized spacial score (nSPS) is 16.3. The molecule has 5 heteroatoms. The Labute approximate surface area is 112 Å². The van der Waals surface area contributed by atoms with Crippen molar-refractivity contribution in [2.75, 3.05) is 25.0 Å². The van der Waals surface area contributed by atoms with E-state index in [4.69, 9.17) is 10.00 Å². The molecule has 0 saturated carbocycles. The van der Waals surface area contributed by atoms with E-state index in [1.807, 2.05) is 19.9 Å². The second kappa shape index (κ2) is 5.39. The molecule has 0 atom stereocenters. The molecular weight excluding hydrogens is 242 g/mol. The molecule has 0 unspecified atom stereocenters. The van der Waals surface area contributed by atoms with Crippen LogP contribution in [0.1, 0.15) is 18.1 Å². The number of hydrogen-bond acceptors (Lipinski definition) is 4. The van der Waals surface area contributed by atoms with Crippen molar-refractivity contribution in [3.63, 3.8) is 0 Å². The Bertz CT molecular complexity index is 530. The van der Waals surface area contributed by atoms with Crippen LogP contribution in [0, 0.1) is 18.3 Å². The number of aryl methyl sites for hydroxylation is 1. The average molecular weight is 259 g/mol. The summed E-state index contributed by atoms with van der Waals surface area (Å²) in [4.78, 5) is 11.8. The fraction of sp³-hybridized carbons (Fsp3) is 0.429. The van der Waals surface area contributed by atoms with Crippen LogP contribution in [-0.2, 0) is 9.53 Å². The first kappa shape index (κ1) is 13.5. The van der Waals surface area contributed by atoms with E-state index in [9.17, 15) is 4.79 Å². The van der Waals surface area contributed by atoms with Gasteiger partial charge in [-0.05, 0) is 31.5 Å². The molecule has 19 heavy (non-hydrogen) atoms. The molecule has 1 aliphatic heterocycles. The Hall–Kier alpha value is -1.90. The van der Waals surface area contributed by atoms with Gasteiger partial charge in [0.25, 0.3) is 0 Å². The number of rotatable bonds is 4. The van der Waals surface area contributed by atoms with Gasteiger partial charge in [-0.2, -0.15) is 5.26 Å². The molecule has 1 saturated heterocycles. The molecule has 0 radical (unpaired) electrons. The van der Waals surface area contributed by atoms with E-state index in [1.165, 1.54) is 0 Å². The molecule has 1 aliphatic rings. The van der Waals surface area contributed by atoms with Gasteiger partial charge in [0.05, 0.1) is 17.2 Å². The number of amides is 1. The molecule has 2 rings (SSSR count). The first-order valence-corrected chi connectivity index (χ1v) is 6.18. The summed E-state index contributed by atoms with van der Waals surface area (Å²) in [6.07, 6.45) is 0. The van der Waals surface area contributed by atoms with E-state index in [0.717, 1.165) is 18.7 Å². The summed E-state index contributed by atoms with van der Waals surface area (Å²) >= 11 is 0. The predicted molar refractivity (Wildman–Crippen MR) is 71.8 cm³/mol. The Morgan fingerprint density at radius 1 is 1.58 bits per heavy atom. The summed E-state index contributed by atoms with van der Waals surface area (Å²) < 4.78 is 5.56. The van der Waals surface area contributed by atoms with Crippen molar-refractivity contribution in [3.05, 3.63) is 29.3 Å². The van der Waals surface area contributed by atoms with Crippen molar-refractivity contribution in [1.29, 1.82) is 5.26 Å². The summed E-state index contributed by atoms with van der Waals surface area (Å²) in [6.45, 7) is 5.41. The third-order valence-corrected chi connectivity index (χ3v) is 3.19.